The molecule has 1 aromatic heterocycles. The zero-order chi connectivity index (χ0) is 32.1. The predicted octanol–water partition coefficient (Wildman–Crippen LogP) is 3.83. The maximum Gasteiger partial charge on any atom is 0.277 e. The normalized spacial score (nSPS) is 13.4. The van der Waals surface area contributed by atoms with E-state index in [0.717, 1.165) is 31.6 Å². The van der Waals surface area contributed by atoms with Crippen molar-refractivity contribution in [2.45, 2.75) is 32.4 Å². The number of nitrogens with zero attached hydrogens (tertiary/aromatic N) is 3. The van der Waals surface area contributed by atoms with Gasteiger partial charge in [0, 0.05) is 48.1 Å². The first-order chi connectivity index (χ1) is 21.7. The van der Waals surface area contributed by atoms with E-state index in [9.17, 15) is 23.6 Å². The minimum Gasteiger partial charge on any atom is -0.372 e. The Kier molecular flexibility index (Phi) is 9.48. The van der Waals surface area contributed by atoms with Gasteiger partial charge in [0.2, 0.25) is 5.91 Å². The Labute approximate surface area is 260 Å². The Hall–Kier alpha value is -5.16. The fraction of sp³-hybridized carbons (Fsp3) is 0.265. The maximum atomic E-state index is 14.0. The highest BCUT2D eigenvalue weighted by atomic mass is 19.1. The molecule has 11 heteroatoms. The monoisotopic (exact) mass is 610 g/mol. The third kappa shape index (κ3) is 6.99. The fourth-order valence-electron chi connectivity index (χ4n) is 5.28. The molecule has 4 aromatic rings. The Bertz CT molecular complexity index is 1800. The van der Waals surface area contributed by atoms with Crippen LogP contribution in [0.1, 0.15) is 51.6 Å². The molecule has 1 fully saturated rings. The number of amides is 2. The van der Waals surface area contributed by atoms with Gasteiger partial charge in [-0.3, -0.25) is 23.7 Å². The molecule has 0 bridgehead atoms. The van der Waals surface area contributed by atoms with Gasteiger partial charge >= 0.3 is 0 Å². The number of halogens is 1. The van der Waals surface area contributed by atoms with Crippen LogP contribution in [-0.4, -0.2) is 60.4 Å². The average Bonchev–Trinajstić information content (AvgIpc) is 3.61. The first-order valence-corrected chi connectivity index (χ1v) is 14.8. The van der Waals surface area contributed by atoms with Crippen molar-refractivity contribution in [3.05, 3.63) is 111 Å². The van der Waals surface area contributed by atoms with Gasteiger partial charge < -0.3 is 20.9 Å². The molecule has 3 aromatic carbocycles. The zero-order valence-corrected chi connectivity index (χ0v) is 25.4. The molecule has 0 radical (unpaired) electrons. The lowest BCUT2D eigenvalue weighted by molar-refractivity contribution is -0.117. The van der Waals surface area contributed by atoms with Crippen molar-refractivity contribution in [3.8, 4) is 11.4 Å². The Morgan fingerprint density at radius 1 is 0.933 bits per heavy atom. The number of carbonyl (C=O) groups excluding carboxylic acids is 3. The number of aromatic nitrogens is 2. The second-order valence-corrected chi connectivity index (χ2v) is 11.0. The average molecular weight is 611 g/mol. The van der Waals surface area contributed by atoms with Gasteiger partial charge in [-0.25, -0.2) is 9.37 Å². The molecule has 2 amide bonds. The lowest BCUT2D eigenvalue weighted by Crippen LogP contribution is -2.38. The Morgan fingerprint density at radius 2 is 1.67 bits per heavy atom. The van der Waals surface area contributed by atoms with Gasteiger partial charge in [-0.05, 0) is 87.0 Å². The molecule has 1 aliphatic rings. The summed E-state index contributed by atoms with van der Waals surface area (Å²) in [5, 5.41) is 8.11. The Morgan fingerprint density at radius 3 is 2.36 bits per heavy atom. The maximum absolute atomic E-state index is 14.0. The molecule has 45 heavy (non-hydrogen) atoms. The van der Waals surface area contributed by atoms with Crippen LogP contribution in [0.2, 0.25) is 0 Å². The van der Waals surface area contributed by atoms with Crippen LogP contribution in [0.25, 0.3) is 11.4 Å². The minimum absolute atomic E-state index is 0.00776. The van der Waals surface area contributed by atoms with Crippen molar-refractivity contribution in [2.75, 3.05) is 37.4 Å². The topological polar surface area (TPSA) is 125 Å². The van der Waals surface area contributed by atoms with E-state index in [1.807, 2.05) is 12.1 Å². The van der Waals surface area contributed by atoms with Crippen molar-refractivity contribution in [1.82, 2.24) is 20.2 Å². The van der Waals surface area contributed by atoms with Gasteiger partial charge in [0.1, 0.15) is 17.3 Å². The van der Waals surface area contributed by atoms with Gasteiger partial charge in [0.05, 0.1) is 18.8 Å². The van der Waals surface area contributed by atoms with Crippen LogP contribution >= 0.6 is 0 Å². The van der Waals surface area contributed by atoms with Gasteiger partial charge in [0.25, 0.3) is 11.5 Å². The molecule has 3 N–H and O–H groups in total. The second-order valence-electron chi connectivity index (χ2n) is 11.0. The number of rotatable bonds is 10. The highest BCUT2D eigenvalue weighted by molar-refractivity contribution is 6.09. The van der Waals surface area contributed by atoms with E-state index in [1.165, 1.54) is 42.1 Å². The summed E-state index contributed by atoms with van der Waals surface area (Å²) in [6, 6.07) is 17.1. The molecule has 2 heterocycles. The number of likely N-dealkylation sites (N-methyl/N-ethyl adjacent to an activating group) is 1. The van der Waals surface area contributed by atoms with E-state index in [0.29, 0.717) is 27.8 Å². The van der Waals surface area contributed by atoms with Crippen LogP contribution in [-0.2, 0) is 11.3 Å². The van der Waals surface area contributed by atoms with Gasteiger partial charge in [-0.1, -0.05) is 12.1 Å². The molecule has 1 saturated heterocycles. The molecule has 1 aliphatic heterocycles. The molecule has 1 unspecified atom stereocenters. The summed E-state index contributed by atoms with van der Waals surface area (Å²) in [6.45, 7) is 3.35. The Balaban J connectivity index is 1.63. The van der Waals surface area contributed by atoms with Crippen molar-refractivity contribution in [1.29, 1.82) is 0 Å². The third-order valence-electron chi connectivity index (χ3n) is 7.90. The van der Waals surface area contributed by atoms with E-state index in [-0.39, 0.29) is 29.7 Å². The van der Waals surface area contributed by atoms with Gasteiger partial charge in [-0.15, -0.1) is 0 Å². The number of hydrogen-bond donors (Lipinski definition) is 3. The summed E-state index contributed by atoms with van der Waals surface area (Å²) in [4.78, 5) is 59.4. The SMILES string of the molecule is CNC(=O)c1cccc(-c2ncc(NC(=O)C(C)NC)c(=O)n2Cc2cc(C(=O)c3ccc(F)cc3)cc(N3CCCC3)c2)c1. The second kappa shape index (κ2) is 13.6. The summed E-state index contributed by atoms with van der Waals surface area (Å²) in [6.07, 6.45) is 3.35. The number of carbonyl (C=O) groups is 3. The minimum atomic E-state index is -0.557. The number of nitrogens with one attached hydrogen (secondary N) is 3. The molecule has 10 nitrogen and oxygen atoms in total. The van der Waals surface area contributed by atoms with E-state index in [4.69, 9.17) is 0 Å². The van der Waals surface area contributed by atoms with Crippen LogP contribution in [0.3, 0.4) is 0 Å². The van der Waals surface area contributed by atoms with Crippen LogP contribution < -0.4 is 26.4 Å². The fourth-order valence-corrected chi connectivity index (χ4v) is 5.28. The smallest absolute Gasteiger partial charge is 0.277 e. The molecular formula is C34H35FN6O4. The molecular weight excluding hydrogens is 575 g/mol. The number of ketones is 1. The molecule has 232 valence electrons. The summed E-state index contributed by atoms with van der Waals surface area (Å²) in [7, 11) is 3.17. The summed E-state index contributed by atoms with van der Waals surface area (Å²) >= 11 is 0. The van der Waals surface area contributed by atoms with Crippen molar-refractivity contribution < 1.29 is 18.8 Å². The van der Waals surface area contributed by atoms with E-state index in [2.05, 4.69) is 25.8 Å². The van der Waals surface area contributed by atoms with Crippen molar-refractivity contribution in [2.24, 2.45) is 0 Å². The van der Waals surface area contributed by atoms with Crippen LogP contribution in [0.5, 0.6) is 0 Å². The summed E-state index contributed by atoms with van der Waals surface area (Å²) < 4.78 is 15.0. The van der Waals surface area contributed by atoms with E-state index in [1.54, 1.807) is 44.3 Å². The summed E-state index contributed by atoms with van der Waals surface area (Å²) in [5.41, 5.74) is 2.64. The lowest BCUT2D eigenvalue weighted by Gasteiger charge is -2.21. The van der Waals surface area contributed by atoms with Crippen LogP contribution in [0.4, 0.5) is 15.8 Å². The molecule has 0 spiro atoms. The number of hydrogen-bond acceptors (Lipinski definition) is 7. The van der Waals surface area contributed by atoms with E-state index < -0.39 is 23.3 Å². The van der Waals surface area contributed by atoms with Crippen molar-refractivity contribution in [3.63, 3.8) is 0 Å². The number of benzene rings is 3. The van der Waals surface area contributed by atoms with E-state index >= 15 is 0 Å². The van der Waals surface area contributed by atoms with Gasteiger partial charge in [0.15, 0.2) is 5.78 Å². The standard InChI is InChI=1S/C34H35FN6O4/c1-21(36-2)32(43)39-29-19-38-31(24-7-6-8-25(17-24)33(44)37-3)41(34(29)45)20-22-15-26(18-28(16-22)40-13-4-5-14-40)30(42)23-9-11-27(35)12-10-23/h6-12,15-19,21,36H,4-5,13-14,20H2,1-3H3,(H,37,44)(H,39,43). The van der Waals surface area contributed by atoms with Crippen LogP contribution in [0, 0.1) is 5.82 Å². The largest absolute Gasteiger partial charge is 0.372 e. The molecule has 1 atom stereocenters. The third-order valence-corrected chi connectivity index (χ3v) is 7.90. The van der Waals surface area contributed by atoms with Crippen LogP contribution in [0.15, 0.2) is 77.7 Å². The van der Waals surface area contributed by atoms with Crippen molar-refractivity contribution >= 4 is 29.0 Å². The zero-order valence-electron chi connectivity index (χ0n) is 25.4. The molecule has 0 saturated carbocycles. The summed E-state index contributed by atoms with van der Waals surface area (Å²) in [5.74, 6) is -1.13. The predicted molar refractivity (Wildman–Crippen MR) is 171 cm³/mol. The molecule has 0 aliphatic carbocycles. The van der Waals surface area contributed by atoms with Gasteiger partial charge in [-0.2, -0.15) is 0 Å². The number of anilines is 2. The highest BCUT2D eigenvalue weighted by Crippen LogP contribution is 2.27. The first-order valence-electron chi connectivity index (χ1n) is 14.8. The lowest BCUT2D eigenvalue weighted by atomic mass is 9.99. The quantitative estimate of drug-likeness (QED) is 0.233. The highest BCUT2D eigenvalue weighted by Gasteiger charge is 2.21. The molecule has 5 rings (SSSR count). The first kappa shape index (κ1) is 31.3.